The summed E-state index contributed by atoms with van der Waals surface area (Å²) in [6.07, 6.45) is -34.7. The molecular formula is C56H84N6O32P2S4. The molecule has 100 heavy (non-hydrogen) atoms. The minimum absolute atomic E-state index is 0. The Morgan fingerprint density at radius 1 is 0.570 bits per heavy atom. The number of carbonyl (C=O) groups is 6. The molecule has 0 spiro atoms. The Labute approximate surface area is 591 Å². The van der Waals surface area contributed by atoms with Crippen LogP contribution < -0.4 is 30.7 Å². The van der Waals surface area contributed by atoms with Crippen LogP contribution in [-0.4, -0.2) is 255 Å². The number of thiocarbonyl (C=S) groups is 2. The summed E-state index contributed by atoms with van der Waals surface area (Å²) in [4.78, 5) is 127. The minimum atomic E-state index is -5.26. The quantitative estimate of drug-likeness (QED) is 0.0253. The highest BCUT2D eigenvalue weighted by Gasteiger charge is 2.58. The standard InChI is InChI=1S/C51H64N6O32P2S4.5CH4/c1-14-36(21(6-25-43(69)56-50(92)94-25)19(8-52-14)12-79-90(73,74)75)83-45(71)41-32(65)31(64)34(67)48(88-41)86-39-28(55-18(5)61)47(82-24(11-59)30(39)63)87-40-33(66)35(68)49(85-38-27(54-17(4)60)16(3)81-23(10-58)29(38)62)89-42(40)46(72)84-37-15(2)53-9-20(13-80-91(76,77)78)22(37)7-26-44(70)57-51(93)95-26;;;;;/h6-9,16,23-24,27-35,38-42,47-49,58-59,62-68H,10-13H2,1-5H3,(H,54,60)(H,55,61)(H,56,69,92)(H,57,70,93)(H2,73,74,75)(H2,76,77,78);5*1H4/b25-6-,26-7-;;;;;. The van der Waals surface area contributed by atoms with E-state index >= 15 is 4.79 Å². The molecule has 0 saturated carbocycles. The number of pyridine rings is 2. The third-order valence-corrected chi connectivity index (χ3v) is 18.1. The molecule has 564 valence electrons. The Hall–Kier alpha value is -4.94. The predicted molar refractivity (Wildman–Crippen MR) is 356 cm³/mol. The summed E-state index contributed by atoms with van der Waals surface area (Å²) in [7, 11) is -10.4. The summed E-state index contributed by atoms with van der Waals surface area (Å²) in [6.45, 7) is 2.08. The van der Waals surface area contributed by atoms with E-state index in [0.717, 1.165) is 61.9 Å². The second-order valence-electron chi connectivity index (χ2n) is 21.6. The zero-order valence-electron chi connectivity index (χ0n) is 49.7. The number of hydrogen-bond acceptors (Lipinski definition) is 34. The van der Waals surface area contributed by atoms with Gasteiger partial charge in [-0.15, -0.1) is 0 Å². The van der Waals surface area contributed by atoms with Crippen molar-refractivity contribution in [1.82, 2.24) is 31.2 Å². The number of nitrogens with one attached hydrogen (secondary N) is 4. The van der Waals surface area contributed by atoms with Crippen molar-refractivity contribution < 1.29 is 155 Å². The first-order valence-corrected chi connectivity index (χ1v) is 33.4. The lowest BCUT2D eigenvalue weighted by Gasteiger charge is -2.50. The first kappa shape index (κ1) is 89.3. The van der Waals surface area contributed by atoms with Gasteiger partial charge >= 0.3 is 27.6 Å². The van der Waals surface area contributed by atoms with Crippen molar-refractivity contribution in [1.29, 1.82) is 0 Å². The second kappa shape index (κ2) is 37.2. The van der Waals surface area contributed by atoms with Crippen LogP contribution in [0.15, 0.2) is 22.2 Å². The maximum atomic E-state index is 15.1. The summed E-state index contributed by atoms with van der Waals surface area (Å²) in [5.74, 6) is -7.62. The molecule has 2 aromatic heterocycles. The topological polar surface area (TPSA) is 575 Å². The molecule has 0 aromatic carbocycles. The van der Waals surface area contributed by atoms with Crippen LogP contribution in [0.2, 0.25) is 0 Å². The van der Waals surface area contributed by atoms with Gasteiger partial charge < -0.3 is 129 Å². The van der Waals surface area contributed by atoms with Crippen molar-refractivity contribution in [2.75, 3.05) is 13.2 Å². The SMILES string of the molecule is C.C.C.C.C.CC(=O)NC1C(C)OC(CO)C(O)C1OC1OC(C(=O)Oc2c(C)ncc(COP(=O)(O)O)c2/C=C2\SC(=S)NC2=O)C(OC2OC(CO)C(O)C(OC3OC(C(=O)Oc4c(C)ncc(COP(=O)(O)O)c4/C=C4\SC(=S)NC4=O)C(O)C(O)C3O)C2NC(C)=O)C(O)C1O. The number of ether oxygens (including phenoxy) is 9. The average Bonchev–Trinajstić information content (AvgIpc) is 0.898. The molecule has 6 fully saturated rings. The van der Waals surface area contributed by atoms with Crippen molar-refractivity contribution in [2.24, 2.45) is 0 Å². The van der Waals surface area contributed by atoms with Gasteiger partial charge in [-0.05, 0) is 32.9 Å². The molecule has 0 bridgehead atoms. The molecule has 8 heterocycles. The van der Waals surface area contributed by atoms with Gasteiger partial charge in [0.25, 0.3) is 11.8 Å². The molecule has 2 aromatic rings. The van der Waals surface area contributed by atoms with Crippen molar-refractivity contribution in [3.63, 3.8) is 0 Å². The number of aryl methyl sites for hydroxylation is 2. The zero-order chi connectivity index (χ0) is 70.0. The van der Waals surface area contributed by atoms with Gasteiger partial charge in [-0.3, -0.25) is 38.2 Å². The Morgan fingerprint density at radius 3 is 1.37 bits per heavy atom. The molecule has 0 aliphatic carbocycles. The number of hydrogen-bond donors (Lipinski definition) is 17. The van der Waals surface area contributed by atoms with Gasteiger partial charge in [-0.25, -0.2) is 18.7 Å². The van der Waals surface area contributed by atoms with Crippen molar-refractivity contribution >= 4 is 120 Å². The van der Waals surface area contributed by atoms with Crippen molar-refractivity contribution in [3.05, 3.63) is 55.8 Å². The molecule has 6 aliphatic heterocycles. The Kier molecular flexibility index (Phi) is 33.2. The van der Waals surface area contributed by atoms with Crippen LogP contribution in [0.1, 0.15) is 91.5 Å². The Balaban J connectivity index is 0.00000520. The number of nitrogens with zero attached hydrogens (tertiary/aromatic N) is 2. The number of aliphatic hydroxyl groups excluding tert-OH is 9. The molecule has 20 atom stereocenters. The summed E-state index contributed by atoms with van der Waals surface area (Å²) >= 11 is 11.7. The number of carbonyl (C=O) groups excluding carboxylic acids is 6. The minimum Gasteiger partial charge on any atom is -0.422 e. The second-order valence-corrected chi connectivity index (χ2v) is 27.5. The van der Waals surface area contributed by atoms with Gasteiger partial charge in [0, 0.05) is 48.5 Å². The fourth-order valence-corrected chi connectivity index (χ4v) is 13.0. The van der Waals surface area contributed by atoms with E-state index in [1.165, 1.54) is 20.8 Å². The third-order valence-electron chi connectivity index (χ3n) is 14.9. The van der Waals surface area contributed by atoms with E-state index in [1.807, 2.05) is 0 Å². The largest absolute Gasteiger partial charge is 0.469 e. The zero-order valence-corrected chi connectivity index (χ0v) is 54.7. The number of esters is 2. The fourth-order valence-electron chi connectivity index (χ4n) is 10.3. The highest BCUT2D eigenvalue weighted by atomic mass is 32.2. The highest BCUT2D eigenvalue weighted by molar-refractivity contribution is 8.27. The van der Waals surface area contributed by atoms with Gasteiger partial charge in [0.15, 0.2) is 42.6 Å². The van der Waals surface area contributed by atoms with Crippen LogP contribution in [0.3, 0.4) is 0 Å². The molecule has 0 radical (unpaired) electrons. The monoisotopic (exact) mass is 1540 g/mol. The summed E-state index contributed by atoms with van der Waals surface area (Å²) in [6, 6.07) is -3.38. The van der Waals surface area contributed by atoms with E-state index in [2.05, 4.69) is 35.8 Å². The maximum absolute atomic E-state index is 15.1. The summed E-state index contributed by atoms with van der Waals surface area (Å²) in [5, 5.41) is 112. The lowest BCUT2D eigenvalue weighted by molar-refractivity contribution is -0.366. The van der Waals surface area contributed by atoms with E-state index < -0.39 is 212 Å². The number of amides is 4. The van der Waals surface area contributed by atoms with Gasteiger partial charge in [0.1, 0.15) is 87.9 Å². The van der Waals surface area contributed by atoms with Gasteiger partial charge in [-0.2, -0.15) is 0 Å². The van der Waals surface area contributed by atoms with E-state index in [0.29, 0.717) is 0 Å². The molecular weight excluding hydrogens is 1460 g/mol. The molecule has 44 heteroatoms. The van der Waals surface area contributed by atoms with Crippen LogP contribution in [0.25, 0.3) is 12.2 Å². The van der Waals surface area contributed by atoms with E-state index in [-0.39, 0.29) is 89.2 Å². The molecule has 8 rings (SSSR count). The molecule has 38 nitrogen and oxygen atoms in total. The first-order chi connectivity index (χ1) is 44.5. The Morgan fingerprint density at radius 2 is 0.960 bits per heavy atom. The van der Waals surface area contributed by atoms with Crippen molar-refractivity contribution in [3.8, 4) is 11.5 Å². The van der Waals surface area contributed by atoms with E-state index in [1.54, 1.807) is 0 Å². The van der Waals surface area contributed by atoms with E-state index in [9.17, 15) is 98.6 Å². The highest BCUT2D eigenvalue weighted by Crippen LogP contribution is 2.43. The number of phosphoric ester groups is 2. The molecule has 4 amide bonds. The normalized spacial score (nSPS) is 32.1. The third kappa shape index (κ3) is 21.2. The van der Waals surface area contributed by atoms with Crippen LogP contribution in [-0.2, 0) is 93.3 Å². The number of phosphoric acid groups is 2. The summed E-state index contributed by atoms with van der Waals surface area (Å²) < 4.78 is 86.3. The number of aliphatic hydroxyl groups is 9. The number of rotatable bonds is 22. The lowest BCUT2D eigenvalue weighted by Crippen LogP contribution is -2.70. The number of thioether (sulfide) groups is 2. The molecule has 6 saturated heterocycles. The summed E-state index contributed by atoms with van der Waals surface area (Å²) in [5.41, 5.74) is -1.32. The van der Waals surface area contributed by atoms with Crippen molar-refractivity contribution in [2.45, 2.75) is 207 Å². The van der Waals surface area contributed by atoms with Gasteiger partial charge in [0.05, 0.1) is 59.8 Å². The average molecular weight is 1540 g/mol. The molecule has 6 aliphatic rings. The Bertz CT molecular complexity index is 3480. The van der Waals surface area contributed by atoms with Crippen LogP contribution >= 0.6 is 63.6 Å². The van der Waals surface area contributed by atoms with Crippen LogP contribution in [0.4, 0.5) is 0 Å². The maximum Gasteiger partial charge on any atom is 0.469 e. The van der Waals surface area contributed by atoms with E-state index in [4.69, 9.17) is 71.6 Å². The van der Waals surface area contributed by atoms with Gasteiger partial charge in [-0.1, -0.05) is 85.1 Å². The lowest BCUT2D eigenvalue weighted by atomic mass is 9.92. The predicted octanol–water partition coefficient (Wildman–Crippen LogP) is -2.38. The van der Waals surface area contributed by atoms with Crippen LogP contribution in [0.5, 0.6) is 11.5 Å². The first-order valence-electron chi connectivity index (χ1n) is 27.9. The molecule has 20 unspecified atom stereocenters. The van der Waals surface area contributed by atoms with Crippen LogP contribution in [0, 0.1) is 13.8 Å². The molecule has 17 N–H and O–H groups in total. The van der Waals surface area contributed by atoms with Gasteiger partial charge in [0.2, 0.25) is 11.8 Å². The fraction of sp³-hybridized carbons (Fsp3) is 0.607. The number of aromatic nitrogens is 2. The smallest absolute Gasteiger partial charge is 0.422 e.